The Hall–Kier alpha value is -1.78. The van der Waals surface area contributed by atoms with E-state index in [1.165, 1.54) is 0 Å². The van der Waals surface area contributed by atoms with Crippen LogP contribution in [0.2, 0.25) is 5.02 Å². The highest BCUT2D eigenvalue weighted by Gasteiger charge is 1.99. The standard InChI is InChI=1S/C11H10ClN3O/c12-8-1-3-9(4-2-8)16-10-5-6-14-11(7-10)15-13/h1-7H,13H2,(H,14,15). The third-order valence-corrected chi connectivity index (χ3v) is 2.18. The van der Waals surface area contributed by atoms with Gasteiger partial charge in [0.1, 0.15) is 17.3 Å². The van der Waals surface area contributed by atoms with Gasteiger partial charge in [0.2, 0.25) is 0 Å². The van der Waals surface area contributed by atoms with Crippen LogP contribution in [0.3, 0.4) is 0 Å². The highest BCUT2D eigenvalue weighted by Crippen LogP contribution is 2.23. The van der Waals surface area contributed by atoms with Gasteiger partial charge in [-0.15, -0.1) is 0 Å². The molecule has 1 aromatic heterocycles. The first-order chi connectivity index (χ1) is 7.78. The second kappa shape index (κ2) is 4.83. The summed E-state index contributed by atoms with van der Waals surface area (Å²) in [6, 6.07) is 10.6. The molecule has 5 heteroatoms. The first kappa shape index (κ1) is 10.7. The van der Waals surface area contributed by atoms with Crippen LogP contribution >= 0.6 is 11.6 Å². The van der Waals surface area contributed by atoms with Crippen molar-refractivity contribution in [3.05, 3.63) is 47.6 Å². The molecule has 0 fully saturated rings. The van der Waals surface area contributed by atoms with Crippen molar-refractivity contribution in [2.75, 3.05) is 5.43 Å². The fraction of sp³-hybridized carbons (Fsp3) is 0. The summed E-state index contributed by atoms with van der Waals surface area (Å²) in [5.74, 6) is 7.16. The average molecular weight is 236 g/mol. The molecule has 2 rings (SSSR count). The minimum atomic E-state index is 0.548. The smallest absolute Gasteiger partial charge is 0.143 e. The molecular formula is C11H10ClN3O. The van der Waals surface area contributed by atoms with Gasteiger partial charge >= 0.3 is 0 Å². The van der Waals surface area contributed by atoms with E-state index >= 15 is 0 Å². The van der Waals surface area contributed by atoms with Crippen LogP contribution < -0.4 is 16.0 Å². The maximum Gasteiger partial charge on any atom is 0.143 e. The zero-order chi connectivity index (χ0) is 11.4. The van der Waals surface area contributed by atoms with Gasteiger partial charge in [0.15, 0.2) is 0 Å². The minimum Gasteiger partial charge on any atom is -0.457 e. The van der Waals surface area contributed by atoms with Gasteiger partial charge in [0.05, 0.1) is 0 Å². The molecule has 1 aromatic carbocycles. The van der Waals surface area contributed by atoms with Gasteiger partial charge in [-0.05, 0) is 30.3 Å². The van der Waals surface area contributed by atoms with Crippen molar-refractivity contribution in [2.45, 2.75) is 0 Å². The van der Waals surface area contributed by atoms with Gasteiger partial charge in [-0.3, -0.25) is 0 Å². The first-order valence-electron chi connectivity index (χ1n) is 4.64. The quantitative estimate of drug-likeness (QED) is 0.634. The first-order valence-corrected chi connectivity index (χ1v) is 5.02. The topological polar surface area (TPSA) is 60.2 Å². The number of hydrogen-bond acceptors (Lipinski definition) is 4. The van der Waals surface area contributed by atoms with Crippen molar-refractivity contribution >= 4 is 17.4 Å². The maximum atomic E-state index is 5.77. The van der Waals surface area contributed by atoms with Gasteiger partial charge in [0, 0.05) is 17.3 Å². The van der Waals surface area contributed by atoms with E-state index in [1.807, 2.05) is 0 Å². The molecule has 0 aliphatic carbocycles. The molecule has 0 unspecified atom stereocenters. The van der Waals surface area contributed by atoms with Crippen molar-refractivity contribution in [1.82, 2.24) is 4.98 Å². The van der Waals surface area contributed by atoms with Crippen molar-refractivity contribution in [2.24, 2.45) is 5.84 Å². The Morgan fingerprint density at radius 2 is 1.88 bits per heavy atom. The highest BCUT2D eigenvalue weighted by atomic mass is 35.5. The molecule has 16 heavy (non-hydrogen) atoms. The lowest BCUT2D eigenvalue weighted by atomic mass is 10.3. The summed E-state index contributed by atoms with van der Waals surface area (Å²) in [6.45, 7) is 0. The van der Waals surface area contributed by atoms with Crippen molar-refractivity contribution < 1.29 is 4.74 Å². The zero-order valence-corrected chi connectivity index (χ0v) is 9.11. The minimum absolute atomic E-state index is 0.548. The number of aromatic nitrogens is 1. The van der Waals surface area contributed by atoms with E-state index in [9.17, 15) is 0 Å². The summed E-state index contributed by atoms with van der Waals surface area (Å²) in [5.41, 5.74) is 2.45. The molecule has 0 saturated heterocycles. The van der Waals surface area contributed by atoms with Gasteiger partial charge in [-0.1, -0.05) is 11.6 Å². The van der Waals surface area contributed by atoms with Crippen LogP contribution in [-0.4, -0.2) is 4.98 Å². The Labute approximate surface area is 98.0 Å². The van der Waals surface area contributed by atoms with Crippen LogP contribution in [-0.2, 0) is 0 Å². The van der Waals surface area contributed by atoms with Gasteiger partial charge < -0.3 is 10.2 Å². The fourth-order valence-corrected chi connectivity index (χ4v) is 1.32. The predicted octanol–water partition coefficient (Wildman–Crippen LogP) is 2.81. The number of nitrogens with one attached hydrogen (secondary N) is 1. The van der Waals surface area contributed by atoms with Crippen LogP contribution in [0.1, 0.15) is 0 Å². The molecule has 0 radical (unpaired) electrons. The third-order valence-electron chi connectivity index (χ3n) is 1.93. The molecule has 0 atom stereocenters. The number of hydrogen-bond donors (Lipinski definition) is 2. The number of rotatable bonds is 3. The Bertz CT molecular complexity index is 473. The summed E-state index contributed by atoms with van der Waals surface area (Å²) in [4.78, 5) is 3.98. The largest absolute Gasteiger partial charge is 0.457 e. The lowest BCUT2D eigenvalue weighted by Crippen LogP contribution is -2.08. The van der Waals surface area contributed by atoms with Crippen molar-refractivity contribution in [1.29, 1.82) is 0 Å². The van der Waals surface area contributed by atoms with E-state index in [2.05, 4.69) is 10.4 Å². The number of anilines is 1. The summed E-state index contributed by atoms with van der Waals surface area (Å²) in [5, 5.41) is 0.673. The van der Waals surface area contributed by atoms with Crippen LogP contribution in [0, 0.1) is 0 Å². The normalized spacial score (nSPS) is 9.88. The number of benzene rings is 1. The molecule has 82 valence electrons. The molecule has 0 aliphatic heterocycles. The van der Waals surface area contributed by atoms with Crippen LogP contribution in [0.5, 0.6) is 11.5 Å². The molecular weight excluding hydrogens is 226 g/mol. The maximum absolute atomic E-state index is 5.77. The summed E-state index contributed by atoms with van der Waals surface area (Å²) < 4.78 is 5.58. The fourth-order valence-electron chi connectivity index (χ4n) is 1.19. The summed E-state index contributed by atoms with van der Waals surface area (Å²) >= 11 is 5.77. The Balaban J connectivity index is 2.16. The number of nitrogen functional groups attached to an aromatic ring is 1. The van der Waals surface area contributed by atoms with Gasteiger partial charge in [0.25, 0.3) is 0 Å². The lowest BCUT2D eigenvalue weighted by Gasteiger charge is -2.06. The second-order valence-electron chi connectivity index (χ2n) is 3.08. The molecule has 1 heterocycles. The van der Waals surface area contributed by atoms with Crippen LogP contribution in [0.25, 0.3) is 0 Å². The van der Waals surface area contributed by atoms with Crippen molar-refractivity contribution in [3.8, 4) is 11.5 Å². The van der Waals surface area contributed by atoms with E-state index < -0.39 is 0 Å². The van der Waals surface area contributed by atoms with E-state index in [0.717, 1.165) is 0 Å². The molecule has 2 aromatic rings. The van der Waals surface area contributed by atoms with Gasteiger partial charge in [-0.25, -0.2) is 10.8 Å². The number of ether oxygens (including phenoxy) is 1. The number of nitrogens with zero attached hydrogens (tertiary/aromatic N) is 1. The predicted molar refractivity (Wildman–Crippen MR) is 63.6 cm³/mol. The number of hydrazine groups is 1. The molecule has 0 aliphatic rings. The van der Waals surface area contributed by atoms with Crippen LogP contribution in [0.4, 0.5) is 5.82 Å². The molecule has 3 N–H and O–H groups in total. The van der Waals surface area contributed by atoms with Crippen LogP contribution in [0.15, 0.2) is 42.6 Å². The van der Waals surface area contributed by atoms with E-state index in [1.54, 1.807) is 42.6 Å². The number of nitrogens with two attached hydrogens (primary N) is 1. The highest BCUT2D eigenvalue weighted by molar-refractivity contribution is 6.30. The van der Waals surface area contributed by atoms with Crippen molar-refractivity contribution in [3.63, 3.8) is 0 Å². The zero-order valence-electron chi connectivity index (χ0n) is 8.35. The van der Waals surface area contributed by atoms with E-state index in [0.29, 0.717) is 22.3 Å². The average Bonchev–Trinajstić information content (AvgIpc) is 2.32. The van der Waals surface area contributed by atoms with E-state index in [4.69, 9.17) is 22.2 Å². The Morgan fingerprint density at radius 3 is 2.56 bits per heavy atom. The molecule has 0 spiro atoms. The summed E-state index contributed by atoms with van der Waals surface area (Å²) in [7, 11) is 0. The molecule has 0 amide bonds. The monoisotopic (exact) mass is 235 g/mol. The molecule has 0 saturated carbocycles. The van der Waals surface area contributed by atoms with E-state index in [-0.39, 0.29) is 0 Å². The third kappa shape index (κ3) is 2.62. The SMILES string of the molecule is NNc1cc(Oc2ccc(Cl)cc2)ccn1. The number of halogens is 1. The van der Waals surface area contributed by atoms with Gasteiger partial charge in [-0.2, -0.15) is 0 Å². The molecule has 4 nitrogen and oxygen atoms in total. The second-order valence-corrected chi connectivity index (χ2v) is 3.51. The molecule has 0 bridgehead atoms. The number of pyridine rings is 1. The summed E-state index contributed by atoms with van der Waals surface area (Å²) in [6.07, 6.45) is 1.61. The lowest BCUT2D eigenvalue weighted by molar-refractivity contribution is 0.482. The Kier molecular flexibility index (Phi) is 3.24. The Morgan fingerprint density at radius 1 is 1.12 bits per heavy atom.